The molecule has 0 fully saturated rings. The minimum atomic E-state index is 0.150. The molecule has 0 aliphatic carbocycles. The van der Waals surface area contributed by atoms with E-state index in [0.29, 0.717) is 12.8 Å². The van der Waals surface area contributed by atoms with Crippen LogP contribution in [-0.4, -0.2) is 23.4 Å². The van der Waals surface area contributed by atoms with E-state index in [2.05, 4.69) is 36.4 Å². The van der Waals surface area contributed by atoms with Crippen molar-refractivity contribution in [2.24, 2.45) is 0 Å². The first-order valence-electron chi connectivity index (χ1n) is 6.99. The van der Waals surface area contributed by atoms with Crippen LogP contribution in [0.1, 0.15) is 11.1 Å². The van der Waals surface area contributed by atoms with E-state index < -0.39 is 0 Å². The maximum Gasteiger partial charge on any atom is 0.0471 e. The van der Waals surface area contributed by atoms with Crippen LogP contribution in [0.2, 0.25) is 0 Å². The standard InChI is InChI=1S/C18H18O2/c19-11-9-15-5-1-3-13-7-8-14-4-2-6-16(10-12-20)18(14)17(13)15/h1-8,19-20H,9-12H2. The van der Waals surface area contributed by atoms with Crippen LogP contribution in [0.4, 0.5) is 0 Å². The lowest BCUT2D eigenvalue weighted by molar-refractivity contribution is 0.299. The van der Waals surface area contributed by atoms with Crippen molar-refractivity contribution in [2.45, 2.75) is 12.8 Å². The summed E-state index contributed by atoms with van der Waals surface area (Å²) in [6.45, 7) is 0.301. The highest BCUT2D eigenvalue weighted by molar-refractivity contribution is 6.10. The van der Waals surface area contributed by atoms with Crippen molar-refractivity contribution in [3.8, 4) is 0 Å². The second-order valence-corrected chi connectivity index (χ2v) is 5.04. The lowest BCUT2D eigenvalue weighted by Gasteiger charge is -2.12. The molecule has 0 aliphatic heterocycles. The van der Waals surface area contributed by atoms with Crippen LogP contribution in [0.3, 0.4) is 0 Å². The van der Waals surface area contributed by atoms with Crippen molar-refractivity contribution in [1.29, 1.82) is 0 Å². The van der Waals surface area contributed by atoms with Gasteiger partial charge in [0.1, 0.15) is 0 Å². The highest BCUT2D eigenvalue weighted by Crippen LogP contribution is 2.31. The highest BCUT2D eigenvalue weighted by Gasteiger charge is 2.09. The van der Waals surface area contributed by atoms with E-state index in [4.69, 9.17) is 0 Å². The number of hydrogen-bond donors (Lipinski definition) is 2. The predicted octanol–water partition coefficient (Wildman–Crippen LogP) is 3.06. The van der Waals surface area contributed by atoms with Gasteiger partial charge in [-0.2, -0.15) is 0 Å². The Hall–Kier alpha value is -1.90. The molecule has 3 rings (SSSR count). The van der Waals surface area contributed by atoms with Gasteiger partial charge in [-0.1, -0.05) is 48.5 Å². The summed E-state index contributed by atoms with van der Waals surface area (Å²) >= 11 is 0. The molecule has 0 radical (unpaired) electrons. The Balaban J connectivity index is 2.42. The van der Waals surface area contributed by atoms with Gasteiger partial charge in [0.25, 0.3) is 0 Å². The van der Waals surface area contributed by atoms with E-state index in [1.54, 1.807) is 0 Å². The largest absolute Gasteiger partial charge is 0.396 e. The lowest BCUT2D eigenvalue weighted by Crippen LogP contribution is -1.96. The van der Waals surface area contributed by atoms with Crippen molar-refractivity contribution in [3.63, 3.8) is 0 Å². The van der Waals surface area contributed by atoms with Crippen molar-refractivity contribution in [2.75, 3.05) is 13.2 Å². The van der Waals surface area contributed by atoms with Gasteiger partial charge in [-0.25, -0.2) is 0 Å². The zero-order chi connectivity index (χ0) is 13.9. The Morgan fingerprint density at radius 1 is 0.600 bits per heavy atom. The predicted molar refractivity (Wildman–Crippen MR) is 83.0 cm³/mol. The Bertz CT molecular complexity index is 682. The minimum absolute atomic E-state index is 0.150. The number of benzene rings is 3. The molecule has 0 aliphatic rings. The zero-order valence-electron chi connectivity index (χ0n) is 11.3. The van der Waals surface area contributed by atoms with Crippen LogP contribution in [0.15, 0.2) is 48.5 Å². The maximum atomic E-state index is 9.28. The topological polar surface area (TPSA) is 40.5 Å². The summed E-state index contributed by atoms with van der Waals surface area (Å²) in [7, 11) is 0. The maximum absolute atomic E-state index is 9.28. The number of aliphatic hydroxyl groups excluding tert-OH is 2. The monoisotopic (exact) mass is 266 g/mol. The molecular weight excluding hydrogens is 248 g/mol. The van der Waals surface area contributed by atoms with Crippen molar-refractivity contribution in [3.05, 3.63) is 59.7 Å². The van der Waals surface area contributed by atoms with Crippen LogP contribution in [-0.2, 0) is 12.8 Å². The molecule has 0 atom stereocenters. The molecule has 0 heterocycles. The molecule has 0 saturated heterocycles. The molecule has 0 aromatic heterocycles. The summed E-state index contributed by atoms with van der Waals surface area (Å²) in [5.41, 5.74) is 2.34. The summed E-state index contributed by atoms with van der Waals surface area (Å²) in [5.74, 6) is 0. The lowest BCUT2D eigenvalue weighted by atomic mass is 9.92. The SMILES string of the molecule is OCCc1cccc2ccc3cccc(CCO)c3c12. The first-order chi connectivity index (χ1) is 9.85. The Morgan fingerprint density at radius 3 is 1.45 bits per heavy atom. The van der Waals surface area contributed by atoms with Gasteiger partial charge in [-0.3, -0.25) is 0 Å². The summed E-state index contributed by atoms with van der Waals surface area (Å²) in [5, 5.41) is 23.4. The average Bonchev–Trinajstić information content (AvgIpc) is 2.48. The number of hydrogen-bond acceptors (Lipinski definition) is 2. The zero-order valence-corrected chi connectivity index (χ0v) is 11.3. The van der Waals surface area contributed by atoms with Gasteiger partial charge < -0.3 is 10.2 Å². The first-order valence-corrected chi connectivity index (χ1v) is 6.99. The molecular formula is C18H18O2. The molecule has 2 N–H and O–H groups in total. The van der Waals surface area contributed by atoms with Gasteiger partial charge >= 0.3 is 0 Å². The van der Waals surface area contributed by atoms with E-state index in [-0.39, 0.29) is 13.2 Å². The second-order valence-electron chi connectivity index (χ2n) is 5.04. The quantitative estimate of drug-likeness (QED) is 0.712. The second kappa shape index (κ2) is 5.61. The van der Waals surface area contributed by atoms with E-state index in [1.165, 1.54) is 32.7 Å². The van der Waals surface area contributed by atoms with Gasteiger partial charge in [0.15, 0.2) is 0 Å². The van der Waals surface area contributed by atoms with E-state index in [1.807, 2.05) is 12.1 Å². The molecule has 2 heteroatoms. The number of rotatable bonds is 4. The fourth-order valence-corrected chi connectivity index (χ4v) is 2.96. The fourth-order valence-electron chi connectivity index (χ4n) is 2.96. The van der Waals surface area contributed by atoms with Gasteiger partial charge in [0.2, 0.25) is 0 Å². The number of aliphatic hydroxyl groups is 2. The summed E-state index contributed by atoms with van der Waals surface area (Å²) < 4.78 is 0. The Morgan fingerprint density at radius 2 is 1.05 bits per heavy atom. The van der Waals surface area contributed by atoms with Crippen LogP contribution < -0.4 is 0 Å². The van der Waals surface area contributed by atoms with Crippen LogP contribution in [0.25, 0.3) is 21.5 Å². The molecule has 0 bridgehead atoms. The fraction of sp³-hybridized carbons (Fsp3) is 0.222. The highest BCUT2D eigenvalue weighted by atomic mass is 16.3. The average molecular weight is 266 g/mol. The third-order valence-corrected chi connectivity index (χ3v) is 3.82. The number of fused-ring (bicyclic) bond motifs is 3. The van der Waals surface area contributed by atoms with Gasteiger partial charge in [-0.15, -0.1) is 0 Å². The van der Waals surface area contributed by atoms with Gasteiger partial charge in [0.05, 0.1) is 0 Å². The van der Waals surface area contributed by atoms with Crippen molar-refractivity contribution >= 4 is 21.5 Å². The van der Waals surface area contributed by atoms with Crippen molar-refractivity contribution in [1.82, 2.24) is 0 Å². The molecule has 2 nitrogen and oxygen atoms in total. The molecule has 3 aromatic carbocycles. The van der Waals surface area contributed by atoms with Crippen LogP contribution in [0, 0.1) is 0 Å². The normalized spacial score (nSPS) is 11.3. The molecule has 0 unspecified atom stereocenters. The molecule has 3 aromatic rings. The van der Waals surface area contributed by atoms with E-state index >= 15 is 0 Å². The van der Waals surface area contributed by atoms with Gasteiger partial charge in [-0.05, 0) is 45.5 Å². The third-order valence-electron chi connectivity index (χ3n) is 3.82. The van der Waals surface area contributed by atoms with Crippen LogP contribution >= 0.6 is 0 Å². The van der Waals surface area contributed by atoms with E-state index in [9.17, 15) is 10.2 Å². The van der Waals surface area contributed by atoms with E-state index in [0.717, 1.165) is 0 Å². The summed E-state index contributed by atoms with van der Waals surface area (Å²) in [6, 6.07) is 16.7. The van der Waals surface area contributed by atoms with Gasteiger partial charge in [0, 0.05) is 13.2 Å². The summed E-state index contributed by atoms with van der Waals surface area (Å²) in [4.78, 5) is 0. The Kier molecular flexibility index (Phi) is 3.68. The molecule has 0 amide bonds. The molecule has 20 heavy (non-hydrogen) atoms. The molecule has 102 valence electrons. The molecule has 0 saturated carbocycles. The summed E-state index contributed by atoms with van der Waals surface area (Å²) in [6.07, 6.45) is 1.31. The minimum Gasteiger partial charge on any atom is -0.396 e. The molecule has 0 spiro atoms. The van der Waals surface area contributed by atoms with Crippen LogP contribution in [0.5, 0.6) is 0 Å². The smallest absolute Gasteiger partial charge is 0.0471 e. The Labute approximate surface area is 118 Å². The van der Waals surface area contributed by atoms with Crippen molar-refractivity contribution < 1.29 is 10.2 Å². The third kappa shape index (κ3) is 2.17. The first kappa shape index (κ1) is 13.1.